The van der Waals surface area contributed by atoms with E-state index in [0.717, 1.165) is 0 Å². The van der Waals surface area contributed by atoms with Gasteiger partial charge in [0.05, 0.1) is 31.3 Å². The first-order chi connectivity index (χ1) is 9.47. The summed E-state index contributed by atoms with van der Waals surface area (Å²) in [5, 5.41) is 19.6. The topological polar surface area (TPSA) is 76.0 Å². The van der Waals surface area contributed by atoms with E-state index in [2.05, 4.69) is 0 Å². The first kappa shape index (κ1) is 16.6. The number of aliphatic hydroxyl groups excluding tert-OH is 1. The van der Waals surface area contributed by atoms with Crippen LogP contribution < -0.4 is 9.47 Å². The molecular weight excluding hydrogens is 284 g/mol. The van der Waals surface area contributed by atoms with Crippen molar-refractivity contribution < 1.29 is 24.5 Å². The number of halogens is 1. The fourth-order valence-corrected chi connectivity index (χ4v) is 2.42. The molecule has 1 rings (SSSR count). The van der Waals surface area contributed by atoms with Crippen LogP contribution in [0, 0.1) is 5.92 Å². The summed E-state index contributed by atoms with van der Waals surface area (Å²) in [6.07, 6.45) is -0.181. The van der Waals surface area contributed by atoms with Gasteiger partial charge in [-0.3, -0.25) is 4.79 Å². The van der Waals surface area contributed by atoms with Crippen molar-refractivity contribution in [3.63, 3.8) is 0 Å². The van der Waals surface area contributed by atoms with Crippen molar-refractivity contribution in [2.45, 2.75) is 25.9 Å². The average Bonchev–Trinajstić information content (AvgIpc) is 2.43. The summed E-state index contributed by atoms with van der Waals surface area (Å²) in [7, 11) is 2.90. The fraction of sp³-hybridized carbons (Fsp3) is 0.500. The lowest BCUT2D eigenvalue weighted by Gasteiger charge is -2.21. The summed E-state index contributed by atoms with van der Waals surface area (Å²) in [6, 6.07) is 3.15. The summed E-state index contributed by atoms with van der Waals surface area (Å²) in [5.74, 6) is -1.25. The molecule has 0 fully saturated rings. The highest BCUT2D eigenvalue weighted by Crippen LogP contribution is 2.41. The molecule has 5 nitrogen and oxygen atoms in total. The Morgan fingerprint density at radius 1 is 1.35 bits per heavy atom. The van der Waals surface area contributed by atoms with E-state index in [1.807, 2.05) is 6.92 Å². The Kier molecular flexibility index (Phi) is 6.10. The molecule has 6 heteroatoms. The molecule has 0 aliphatic heterocycles. The quantitative estimate of drug-likeness (QED) is 0.810. The molecule has 0 radical (unpaired) electrons. The van der Waals surface area contributed by atoms with Gasteiger partial charge in [0.1, 0.15) is 0 Å². The smallest absolute Gasteiger partial charge is 0.309 e. The van der Waals surface area contributed by atoms with Crippen LogP contribution in [0.3, 0.4) is 0 Å². The maximum absolute atomic E-state index is 11.2. The van der Waals surface area contributed by atoms with E-state index >= 15 is 0 Å². The van der Waals surface area contributed by atoms with Crippen molar-refractivity contribution in [3.05, 3.63) is 22.7 Å². The summed E-state index contributed by atoms with van der Waals surface area (Å²) >= 11 is 6.18. The Morgan fingerprint density at radius 2 is 2.00 bits per heavy atom. The first-order valence-corrected chi connectivity index (χ1v) is 6.66. The van der Waals surface area contributed by atoms with Crippen LogP contribution in [0.5, 0.6) is 11.5 Å². The SMILES string of the molecule is CCCC(C(=O)O)C(O)c1ccc(OC)c(OC)c1Cl. The largest absolute Gasteiger partial charge is 0.493 e. The van der Waals surface area contributed by atoms with Crippen molar-refractivity contribution in [3.8, 4) is 11.5 Å². The number of rotatable bonds is 7. The molecule has 1 aromatic rings. The summed E-state index contributed by atoms with van der Waals surface area (Å²) in [6.45, 7) is 1.86. The van der Waals surface area contributed by atoms with E-state index < -0.39 is 18.0 Å². The highest BCUT2D eigenvalue weighted by atomic mass is 35.5. The number of carbonyl (C=O) groups is 1. The normalized spacial score (nSPS) is 13.7. The predicted molar refractivity (Wildman–Crippen MR) is 75.5 cm³/mol. The maximum atomic E-state index is 11.2. The van der Waals surface area contributed by atoms with Crippen LogP contribution in [-0.2, 0) is 4.79 Å². The van der Waals surface area contributed by atoms with Crippen LogP contribution in [0.4, 0.5) is 0 Å². The summed E-state index contributed by atoms with van der Waals surface area (Å²) in [5.41, 5.74) is 0.324. The van der Waals surface area contributed by atoms with Crippen LogP contribution in [-0.4, -0.2) is 30.4 Å². The molecule has 20 heavy (non-hydrogen) atoms. The molecule has 0 aliphatic carbocycles. The molecule has 2 unspecified atom stereocenters. The van der Waals surface area contributed by atoms with E-state index in [-0.39, 0.29) is 10.8 Å². The van der Waals surface area contributed by atoms with Gasteiger partial charge in [-0.1, -0.05) is 31.0 Å². The molecule has 0 spiro atoms. The van der Waals surface area contributed by atoms with E-state index in [4.69, 9.17) is 21.1 Å². The average molecular weight is 303 g/mol. The molecule has 0 aliphatic rings. The number of methoxy groups -OCH3 is 2. The number of ether oxygens (including phenoxy) is 2. The molecule has 2 N–H and O–H groups in total. The van der Waals surface area contributed by atoms with E-state index in [1.54, 1.807) is 12.1 Å². The summed E-state index contributed by atoms with van der Waals surface area (Å²) in [4.78, 5) is 11.2. The van der Waals surface area contributed by atoms with Crippen molar-refractivity contribution in [1.82, 2.24) is 0 Å². The zero-order valence-corrected chi connectivity index (χ0v) is 12.5. The molecule has 112 valence electrons. The predicted octanol–water partition coefficient (Wildman–Crippen LogP) is 2.89. The molecule has 0 heterocycles. The van der Waals surface area contributed by atoms with Crippen LogP contribution in [0.1, 0.15) is 31.4 Å². The standard InChI is InChI=1S/C14H19ClO5/c1-4-5-9(14(17)18)12(16)8-6-7-10(19-2)13(20-3)11(8)15/h6-7,9,12,16H,4-5H2,1-3H3,(H,17,18). The molecule has 0 aromatic heterocycles. The Hall–Kier alpha value is -1.46. The van der Waals surface area contributed by atoms with Crippen LogP contribution in [0.25, 0.3) is 0 Å². The van der Waals surface area contributed by atoms with Crippen LogP contribution in [0.15, 0.2) is 12.1 Å². The molecule has 0 saturated heterocycles. The lowest BCUT2D eigenvalue weighted by molar-refractivity contribution is -0.146. The number of hydrogen-bond acceptors (Lipinski definition) is 4. The third-order valence-corrected chi connectivity index (χ3v) is 3.52. The molecular formula is C14H19ClO5. The number of carboxylic acids is 1. The third-order valence-electron chi connectivity index (χ3n) is 3.13. The van der Waals surface area contributed by atoms with Gasteiger partial charge in [0, 0.05) is 5.56 Å². The second-order valence-electron chi connectivity index (χ2n) is 4.38. The molecule has 1 aromatic carbocycles. The van der Waals surface area contributed by atoms with Crippen LogP contribution in [0.2, 0.25) is 5.02 Å². The molecule has 0 amide bonds. The Morgan fingerprint density at radius 3 is 2.45 bits per heavy atom. The van der Waals surface area contributed by atoms with Gasteiger partial charge in [0.25, 0.3) is 0 Å². The lowest BCUT2D eigenvalue weighted by Crippen LogP contribution is -2.22. The Labute approximate surface area is 123 Å². The maximum Gasteiger partial charge on any atom is 0.309 e. The van der Waals surface area contributed by atoms with Gasteiger partial charge in [-0.25, -0.2) is 0 Å². The van der Waals surface area contributed by atoms with E-state index in [9.17, 15) is 15.0 Å². The second kappa shape index (κ2) is 7.36. The minimum atomic E-state index is -1.19. The monoisotopic (exact) mass is 302 g/mol. The minimum Gasteiger partial charge on any atom is -0.493 e. The highest BCUT2D eigenvalue weighted by molar-refractivity contribution is 6.33. The Bertz CT molecular complexity index is 475. The van der Waals surface area contributed by atoms with Gasteiger partial charge < -0.3 is 19.7 Å². The van der Waals surface area contributed by atoms with Crippen molar-refractivity contribution in [2.24, 2.45) is 5.92 Å². The number of hydrogen-bond donors (Lipinski definition) is 2. The number of carboxylic acid groups (broad SMARTS) is 1. The van der Waals surface area contributed by atoms with Gasteiger partial charge in [-0.05, 0) is 12.5 Å². The van der Waals surface area contributed by atoms with Crippen molar-refractivity contribution >= 4 is 17.6 Å². The third kappa shape index (κ3) is 3.35. The zero-order valence-electron chi connectivity index (χ0n) is 11.7. The highest BCUT2D eigenvalue weighted by Gasteiger charge is 2.30. The molecule has 0 bridgehead atoms. The van der Waals surface area contributed by atoms with Gasteiger partial charge in [0.2, 0.25) is 0 Å². The van der Waals surface area contributed by atoms with Gasteiger partial charge >= 0.3 is 5.97 Å². The van der Waals surface area contributed by atoms with Gasteiger partial charge in [0.15, 0.2) is 11.5 Å². The number of aliphatic hydroxyl groups is 1. The van der Waals surface area contributed by atoms with Crippen molar-refractivity contribution in [1.29, 1.82) is 0 Å². The fourth-order valence-electron chi connectivity index (χ4n) is 2.08. The molecule has 0 saturated carbocycles. The summed E-state index contributed by atoms with van der Waals surface area (Å²) < 4.78 is 10.2. The molecule has 2 atom stereocenters. The number of aliphatic carboxylic acids is 1. The Balaban J connectivity index is 3.21. The van der Waals surface area contributed by atoms with Crippen LogP contribution >= 0.6 is 11.6 Å². The lowest BCUT2D eigenvalue weighted by atomic mass is 9.91. The number of benzene rings is 1. The van der Waals surface area contributed by atoms with Gasteiger partial charge in [-0.2, -0.15) is 0 Å². The van der Waals surface area contributed by atoms with Crippen molar-refractivity contribution in [2.75, 3.05) is 14.2 Å². The minimum absolute atomic E-state index is 0.168. The van der Waals surface area contributed by atoms with E-state index in [1.165, 1.54) is 14.2 Å². The second-order valence-corrected chi connectivity index (χ2v) is 4.76. The zero-order chi connectivity index (χ0) is 15.3. The van der Waals surface area contributed by atoms with Gasteiger partial charge in [-0.15, -0.1) is 0 Å². The first-order valence-electron chi connectivity index (χ1n) is 6.29. The van der Waals surface area contributed by atoms with E-state index in [0.29, 0.717) is 24.2 Å².